The number of alkyl halides is 3. The van der Waals surface area contributed by atoms with Gasteiger partial charge >= 0.3 is 18.4 Å². The molecule has 2 N–H and O–H groups in total. The summed E-state index contributed by atoms with van der Waals surface area (Å²) in [5.74, 6) is -0.172. The Morgan fingerprint density at radius 3 is 2.59 bits per heavy atom. The van der Waals surface area contributed by atoms with Gasteiger partial charge in [0, 0.05) is 4.90 Å². The molecular formula is C21H16F3N3O4S. The fourth-order valence-electron chi connectivity index (χ4n) is 3.32. The minimum absolute atomic E-state index is 0.0110. The summed E-state index contributed by atoms with van der Waals surface area (Å²) in [7, 11) is 0. The number of halogens is 3. The average molecular weight is 463 g/mol. The summed E-state index contributed by atoms with van der Waals surface area (Å²) in [6.07, 6.45) is -4.53. The molecule has 0 aliphatic carbocycles. The third-order valence-electron chi connectivity index (χ3n) is 4.73. The van der Waals surface area contributed by atoms with Crippen LogP contribution in [0.15, 0.2) is 58.8 Å². The molecule has 1 aliphatic heterocycles. The summed E-state index contributed by atoms with van der Waals surface area (Å²) in [4.78, 5) is 25.8. The van der Waals surface area contributed by atoms with E-state index >= 15 is 0 Å². The first kappa shape index (κ1) is 23.0. The average Bonchev–Trinajstić information content (AvgIpc) is 2.74. The number of allylic oxidation sites excluding steroid dienone is 1. The van der Waals surface area contributed by atoms with Crippen LogP contribution in [0.1, 0.15) is 29.7 Å². The van der Waals surface area contributed by atoms with Crippen LogP contribution in [0.3, 0.4) is 0 Å². The summed E-state index contributed by atoms with van der Waals surface area (Å²) in [5, 5.41) is 21.0. The Kier molecular flexibility index (Phi) is 6.36. The van der Waals surface area contributed by atoms with Crippen LogP contribution in [0.4, 0.5) is 28.4 Å². The monoisotopic (exact) mass is 463 g/mol. The van der Waals surface area contributed by atoms with E-state index in [0.717, 1.165) is 23.1 Å². The molecule has 0 bridgehead atoms. The van der Waals surface area contributed by atoms with Crippen molar-refractivity contribution < 1.29 is 32.6 Å². The van der Waals surface area contributed by atoms with Crippen molar-refractivity contribution in [3.8, 4) is 6.07 Å². The van der Waals surface area contributed by atoms with E-state index in [1.807, 2.05) is 6.07 Å². The second-order valence-electron chi connectivity index (χ2n) is 6.65. The van der Waals surface area contributed by atoms with Crippen LogP contribution in [0.25, 0.3) is 0 Å². The molecule has 0 saturated heterocycles. The van der Waals surface area contributed by atoms with E-state index in [9.17, 15) is 27.9 Å². The minimum Gasteiger partial charge on any atom is -0.449 e. The zero-order valence-electron chi connectivity index (χ0n) is 16.7. The number of carboxylic acid groups (broad SMARTS) is 1. The van der Waals surface area contributed by atoms with Gasteiger partial charge in [0.25, 0.3) is 0 Å². The summed E-state index contributed by atoms with van der Waals surface area (Å²) < 4.78 is 44.4. The summed E-state index contributed by atoms with van der Waals surface area (Å²) >= 11 is 1.28. The van der Waals surface area contributed by atoms with Gasteiger partial charge in [0.1, 0.15) is 6.04 Å². The van der Waals surface area contributed by atoms with Gasteiger partial charge in [0.2, 0.25) is 0 Å². The first-order valence-electron chi connectivity index (χ1n) is 9.04. The molecule has 1 atom stereocenters. The van der Waals surface area contributed by atoms with E-state index in [1.54, 1.807) is 18.4 Å². The molecule has 0 unspecified atom stereocenters. The van der Waals surface area contributed by atoms with Crippen LogP contribution >= 0.6 is 11.8 Å². The van der Waals surface area contributed by atoms with Gasteiger partial charge in [-0.15, -0.1) is 11.8 Å². The highest BCUT2D eigenvalue weighted by molar-refractivity contribution is 7.98. The van der Waals surface area contributed by atoms with E-state index in [0.29, 0.717) is 16.0 Å². The molecule has 1 heterocycles. The van der Waals surface area contributed by atoms with Crippen LogP contribution in [0.2, 0.25) is 0 Å². The van der Waals surface area contributed by atoms with Gasteiger partial charge in [-0.2, -0.15) is 18.4 Å². The largest absolute Gasteiger partial charge is 0.511 e. The molecule has 0 fully saturated rings. The van der Waals surface area contributed by atoms with Crippen molar-refractivity contribution in [1.82, 2.24) is 5.32 Å². The predicted octanol–water partition coefficient (Wildman–Crippen LogP) is 5.50. The predicted molar refractivity (Wildman–Crippen MR) is 110 cm³/mol. The number of carbonyl (C=O) groups is 2. The molecule has 2 aromatic carbocycles. The number of hydrogen-bond donors (Lipinski definition) is 2. The van der Waals surface area contributed by atoms with Crippen molar-refractivity contribution in [1.29, 1.82) is 5.26 Å². The number of benzene rings is 2. The third kappa shape index (κ3) is 4.50. The van der Waals surface area contributed by atoms with Crippen LogP contribution in [-0.2, 0) is 10.9 Å². The maximum absolute atomic E-state index is 13.1. The maximum atomic E-state index is 13.1. The second-order valence-corrected chi connectivity index (χ2v) is 7.50. The number of rotatable bonds is 4. The Morgan fingerprint density at radius 2 is 2.00 bits per heavy atom. The first-order valence-corrected chi connectivity index (χ1v) is 10.3. The normalized spacial score (nSPS) is 16.4. The number of urea groups is 1. The molecule has 3 rings (SSSR count). The summed E-state index contributed by atoms with van der Waals surface area (Å²) in [6, 6.07) is 8.96. The van der Waals surface area contributed by atoms with Gasteiger partial charge in [-0.1, -0.05) is 12.1 Å². The van der Waals surface area contributed by atoms with Crippen molar-refractivity contribution in [2.45, 2.75) is 24.0 Å². The van der Waals surface area contributed by atoms with E-state index in [1.165, 1.54) is 30.8 Å². The molecule has 0 radical (unpaired) electrons. The fraction of sp³-hybridized carbons (Fsp3) is 0.190. The molecule has 32 heavy (non-hydrogen) atoms. The lowest BCUT2D eigenvalue weighted by atomic mass is 10.00. The van der Waals surface area contributed by atoms with Gasteiger partial charge < -0.3 is 15.2 Å². The summed E-state index contributed by atoms with van der Waals surface area (Å²) in [6.45, 7) is 1.38. The molecule has 2 aromatic rings. The molecule has 0 spiro atoms. The molecule has 11 heteroatoms. The van der Waals surface area contributed by atoms with Crippen LogP contribution in [-0.4, -0.2) is 23.5 Å². The number of nitrogens with zero attached hydrogens (tertiary/aromatic N) is 2. The van der Waals surface area contributed by atoms with Crippen molar-refractivity contribution in [2.24, 2.45) is 0 Å². The van der Waals surface area contributed by atoms with Crippen LogP contribution in [0, 0.1) is 11.3 Å². The van der Waals surface area contributed by atoms with Gasteiger partial charge in [-0.25, -0.2) is 9.59 Å². The molecule has 166 valence electrons. The number of nitriles is 1. The van der Waals surface area contributed by atoms with Crippen molar-refractivity contribution >= 4 is 29.6 Å². The van der Waals surface area contributed by atoms with E-state index in [-0.39, 0.29) is 17.1 Å². The SMILES string of the molecule is CSc1cc(C#N)ccc1[C@@H]1NC(=O)N(c2cccc(C(F)(F)F)c2)C(C)=C1OC(=O)O. The van der Waals surface area contributed by atoms with Crippen LogP contribution in [0.5, 0.6) is 0 Å². The molecule has 2 amide bonds. The Labute approximate surface area is 185 Å². The maximum Gasteiger partial charge on any atom is 0.511 e. The number of nitrogens with one attached hydrogen (secondary N) is 1. The van der Waals surface area contributed by atoms with E-state index in [4.69, 9.17) is 10.00 Å². The van der Waals surface area contributed by atoms with Gasteiger partial charge in [-0.3, -0.25) is 4.90 Å². The molecule has 1 aliphatic rings. The first-order chi connectivity index (χ1) is 15.1. The lowest BCUT2D eigenvalue weighted by Crippen LogP contribution is -2.47. The zero-order valence-corrected chi connectivity index (χ0v) is 17.5. The van der Waals surface area contributed by atoms with Crippen molar-refractivity contribution in [3.63, 3.8) is 0 Å². The van der Waals surface area contributed by atoms with Crippen LogP contribution < -0.4 is 10.2 Å². The number of amides is 2. The Morgan fingerprint density at radius 1 is 1.28 bits per heavy atom. The fourth-order valence-corrected chi connectivity index (χ4v) is 3.99. The van der Waals surface area contributed by atoms with E-state index < -0.39 is 30.0 Å². The van der Waals surface area contributed by atoms with Gasteiger partial charge in [0.15, 0.2) is 5.76 Å². The Hall–Kier alpha value is -3.65. The minimum atomic E-state index is -4.63. The number of thioether (sulfide) groups is 1. The number of carbonyl (C=O) groups excluding carboxylic acids is 1. The highest BCUT2D eigenvalue weighted by Crippen LogP contribution is 2.39. The van der Waals surface area contributed by atoms with Gasteiger partial charge in [-0.05, 0) is 49.1 Å². The smallest absolute Gasteiger partial charge is 0.449 e. The molecule has 7 nitrogen and oxygen atoms in total. The zero-order chi connectivity index (χ0) is 23.6. The Balaban J connectivity index is 2.16. The highest BCUT2D eigenvalue weighted by Gasteiger charge is 2.38. The standard InChI is InChI=1S/C21H16F3N3O4S/c1-11-18(31-20(29)30)17(15-7-6-12(10-25)8-16(15)32-2)26-19(28)27(11)14-5-3-4-13(9-14)21(22,23)24/h3-9,17H,1-2H3,(H,26,28)(H,29,30)/t17-/m0/s1. The van der Waals surface area contributed by atoms with E-state index in [2.05, 4.69) is 5.32 Å². The van der Waals surface area contributed by atoms with Crippen molar-refractivity contribution in [3.05, 3.63) is 70.6 Å². The molecule has 0 saturated carbocycles. The number of hydrogen-bond acceptors (Lipinski definition) is 5. The Bertz CT molecular complexity index is 1160. The summed E-state index contributed by atoms with van der Waals surface area (Å²) in [5.41, 5.74) is -0.215. The highest BCUT2D eigenvalue weighted by atomic mass is 32.2. The quantitative estimate of drug-likeness (QED) is 0.459. The molecule has 0 aromatic heterocycles. The number of anilines is 1. The lowest BCUT2D eigenvalue weighted by molar-refractivity contribution is -0.137. The molecular weight excluding hydrogens is 447 g/mol. The lowest BCUT2D eigenvalue weighted by Gasteiger charge is -2.35. The third-order valence-corrected chi connectivity index (χ3v) is 5.52. The second kappa shape index (κ2) is 8.84. The topological polar surface area (TPSA) is 103 Å². The van der Waals surface area contributed by atoms with Gasteiger partial charge in [0.05, 0.1) is 28.6 Å². The number of ether oxygens (including phenoxy) is 1. The van der Waals surface area contributed by atoms with Crippen molar-refractivity contribution in [2.75, 3.05) is 11.2 Å².